The molecular formula is C21H16N2O. The first kappa shape index (κ1) is 15.5. The van der Waals surface area contributed by atoms with Crippen LogP contribution in [0.4, 0.5) is 5.69 Å². The lowest BCUT2D eigenvalue weighted by molar-refractivity contribution is 0.102. The Morgan fingerprint density at radius 3 is 2.54 bits per heavy atom. The fraction of sp³-hybridized carbons (Fsp3) is 0.0476. The molecule has 0 saturated heterocycles. The second-order valence-electron chi connectivity index (χ2n) is 5.37. The highest BCUT2D eigenvalue weighted by atomic mass is 16.1. The Labute approximate surface area is 141 Å². The molecule has 0 fully saturated rings. The van der Waals surface area contributed by atoms with Crippen molar-refractivity contribution in [3.8, 4) is 23.6 Å². The minimum Gasteiger partial charge on any atom is -0.322 e. The Balaban J connectivity index is 1.84. The van der Waals surface area contributed by atoms with E-state index in [2.05, 4.69) is 16.2 Å². The SMILES string of the molecule is C#Cc1cccc(NC(=O)c2ccc(-c3ccccc3)nc2C)c1. The van der Waals surface area contributed by atoms with Gasteiger partial charge in [0.15, 0.2) is 0 Å². The Morgan fingerprint density at radius 1 is 1.04 bits per heavy atom. The van der Waals surface area contributed by atoms with Gasteiger partial charge in [0.05, 0.1) is 17.0 Å². The zero-order chi connectivity index (χ0) is 16.9. The van der Waals surface area contributed by atoms with Gasteiger partial charge < -0.3 is 5.32 Å². The van der Waals surface area contributed by atoms with Crippen LogP contribution in [0.25, 0.3) is 11.3 Å². The van der Waals surface area contributed by atoms with Crippen LogP contribution in [0, 0.1) is 19.3 Å². The van der Waals surface area contributed by atoms with Gasteiger partial charge in [-0.15, -0.1) is 6.42 Å². The van der Waals surface area contributed by atoms with Gasteiger partial charge in [-0.3, -0.25) is 9.78 Å². The third kappa shape index (κ3) is 3.34. The molecule has 3 rings (SSSR count). The fourth-order valence-corrected chi connectivity index (χ4v) is 2.46. The molecule has 0 spiro atoms. The van der Waals surface area contributed by atoms with E-state index in [0.29, 0.717) is 16.9 Å². The molecule has 1 heterocycles. The van der Waals surface area contributed by atoms with Crippen molar-refractivity contribution in [1.82, 2.24) is 4.98 Å². The minimum atomic E-state index is -0.200. The number of hydrogen-bond donors (Lipinski definition) is 1. The van der Waals surface area contributed by atoms with E-state index in [1.54, 1.807) is 18.2 Å². The summed E-state index contributed by atoms with van der Waals surface area (Å²) in [7, 11) is 0. The Hall–Kier alpha value is -3.38. The molecule has 3 nitrogen and oxygen atoms in total. The molecule has 3 heteroatoms. The van der Waals surface area contributed by atoms with E-state index < -0.39 is 0 Å². The molecular weight excluding hydrogens is 296 g/mol. The van der Waals surface area contributed by atoms with Crippen LogP contribution in [0.15, 0.2) is 66.7 Å². The van der Waals surface area contributed by atoms with Gasteiger partial charge in [-0.05, 0) is 37.3 Å². The summed E-state index contributed by atoms with van der Waals surface area (Å²) in [5.41, 5.74) is 4.49. The highest BCUT2D eigenvalue weighted by Crippen LogP contribution is 2.19. The number of nitrogens with one attached hydrogen (secondary N) is 1. The molecule has 0 aliphatic rings. The quantitative estimate of drug-likeness (QED) is 0.733. The van der Waals surface area contributed by atoms with Gasteiger partial charge >= 0.3 is 0 Å². The van der Waals surface area contributed by atoms with E-state index >= 15 is 0 Å². The third-order valence-corrected chi connectivity index (χ3v) is 3.69. The van der Waals surface area contributed by atoms with Crippen molar-refractivity contribution in [2.24, 2.45) is 0 Å². The molecule has 24 heavy (non-hydrogen) atoms. The summed E-state index contributed by atoms with van der Waals surface area (Å²) < 4.78 is 0. The zero-order valence-corrected chi connectivity index (χ0v) is 13.3. The molecule has 0 saturated carbocycles. The normalized spacial score (nSPS) is 10.0. The van der Waals surface area contributed by atoms with E-state index in [1.807, 2.05) is 55.5 Å². The summed E-state index contributed by atoms with van der Waals surface area (Å²) in [6.07, 6.45) is 5.38. The van der Waals surface area contributed by atoms with Crippen molar-refractivity contribution >= 4 is 11.6 Å². The Bertz CT molecular complexity index is 924. The summed E-state index contributed by atoms with van der Waals surface area (Å²) in [6.45, 7) is 1.83. The maximum absolute atomic E-state index is 12.5. The average molecular weight is 312 g/mol. The maximum Gasteiger partial charge on any atom is 0.257 e. The summed E-state index contributed by atoms with van der Waals surface area (Å²) in [5, 5.41) is 2.86. The molecule has 2 aromatic carbocycles. The third-order valence-electron chi connectivity index (χ3n) is 3.69. The Morgan fingerprint density at radius 2 is 1.83 bits per heavy atom. The van der Waals surface area contributed by atoms with Gasteiger partial charge in [-0.2, -0.15) is 0 Å². The summed E-state index contributed by atoms with van der Waals surface area (Å²) in [5.74, 6) is 2.35. The van der Waals surface area contributed by atoms with Crippen LogP contribution < -0.4 is 5.32 Å². The van der Waals surface area contributed by atoms with Crippen LogP contribution in [0.5, 0.6) is 0 Å². The smallest absolute Gasteiger partial charge is 0.257 e. The molecule has 3 aromatic rings. The van der Waals surface area contributed by atoms with Gasteiger partial charge in [0, 0.05) is 16.8 Å². The molecule has 1 N–H and O–H groups in total. The van der Waals surface area contributed by atoms with Crippen LogP contribution >= 0.6 is 0 Å². The van der Waals surface area contributed by atoms with Crippen molar-refractivity contribution in [1.29, 1.82) is 0 Å². The molecule has 1 amide bonds. The first-order valence-electron chi connectivity index (χ1n) is 7.58. The van der Waals surface area contributed by atoms with Crippen molar-refractivity contribution in [3.63, 3.8) is 0 Å². The summed E-state index contributed by atoms with van der Waals surface area (Å²) in [6, 6.07) is 20.7. The monoisotopic (exact) mass is 312 g/mol. The van der Waals surface area contributed by atoms with E-state index in [-0.39, 0.29) is 5.91 Å². The van der Waals surface area contributed by atoms with Crippen molar-refractivity contribution in [2.75, 3.05) is 5.32 Å². The number of benzene rings is 2. The van der Waals surface area contributed by atoms with Crippen molar-refractivity contribution in [2.45, 2.75) is 6.92 Å². The van der Waals surface area contributed by atoms with Crippen LogP contribution in [-0.2, 0) is 0 Å². The standard InChI is InChI=1S/C21H16N2O/c1-3-16-8-7-11-18(14-16)23-21(24)19-12-13-20(22-15(19)2)17-9-5-4-6-10-17/h1,4-14H,2H3,(H,23,24). The number of carbonyl (C=O) groups excluding carboxylic acids is 1. The number of terminal acetylenes is 1. The van der Waals surface area contributed by atoms with E-state index in [1.165, 1.54) is 0 Å². The number of amides is 1. The van der Waals surface area contributed by atoms with E-state index in [4.69, 9.17) is 6.42 Å². The highest BCUT2D eigenvalue weighted by molar-refractivity contribution is 6.05. The number of hydrogen-bond acceptors (Lipinski definition) is 2. The van der Waals surface area contributed by atoms with Crippen molar-refractivity contribution in [3.05, 3.63) is 83.6 Å². The maximum atomic E-state index is 12.5. The molecule has 0 bridgehead atoms. The largest absolute Gasteiger partial charge is 0.322 e. The molecule has 116 valence electrons. The predicted molar refractivity (Wildman–Crippen MR) is 96.7 cm³/mol. The fourth-order valence-electron chi connectivity index (χ4n) is 2.46. The average Bonchev–Trinajstić information content (AvgIpc) is 2.62. The van der Waals surface area contributed by atoms with E-state index in [0.717, 1.165) is 16.8 Å². The number of anilines is 1. The number of carbonyl (C=O) groups is 1. The predicted octanol–water partition coefficient (Wildman–Crippen LogP) is 4.29. The second kappa shape index (κ2) is 6.80. The molecule has 0 aliphatic heterocycles. The molecule has 1 aromatic heterocycles. The van der Waals surface area contributed by atoms with Gasteiger partial charge in [0.1, 0.15) is 0 Å². The first-order chi connectivity index (χ1) is 11.7. The zero-order valence-electron chi connectivity index (χ0n) is 13.3. The van der Waals surface area contributed by atoms with Gasteiger partial charge in [-0.25, -0.2) is 0 Å². The molecule has 0 radical (unpaired) electrons. The summed E-state index contributed by atoms with van der Waals surface area (Å²) >= 11 is 0. The number of pyridine rings is 1. The van der Waals surface area contributed by atoms with E-state index in [9.17, 15) is 4.79 Å². The van der Waals surface area contributed by atoms with Crippen LogP contribution in [-0.4, -0.2) is 10.9 Å². The summed E-state index contributed by atoms with van der Waals surface area (Å²) in [4.78, 5) is 17.0. The van der Waals surface area contributed by atoms with Crippen LogP contribution in [0.3, 0.4) is 0 Å². The van der Waals surface area contributed by atoms with Gasteiger partial charge in [-0.1, -0.05) is 42.3 Å². The topological polar surface area (TPSA) is 42.0 Å². The number of nitrogens with zero attached hydrogens (tertiary/aromatic N) is 1. The van der Waals surface area contributed by atoms with Gasteiger partial charge in [0.25, 0.3) is 5.91 Å². The first-order valence-corrected chi connectivity index (χ1v) is 7.58. The molecule has 0 atom stereocenters. The highest BCUT2D eigenvalue weighted by Gasteiger charge is 2.12. The van der Waals surface area contributed by atoms with Crippen molar-refractivity contribution < 1.29 is 4.79 Å². The lowest BCUT2D eigenvalue weighted by Crippen LogP contribution is -2.14. The second-order valence-corrected chi connectivity index (χ2v) is 5.37. The van der Waals surface area contributed by atoms with Crippen LogP contribution in [0.2, 0.25) is 0 Å². The Kier molecular flexibility index (Phi) is 4.40. The number of rotatable bonds is 3. The lowest BCUT2D eigenvalue weighted by atomic mass is 10.1. The van der Waals surface area contributed by atoms with Gasteiger partial charge in [0.2, 0.25) is 0 Å². The lowest BCUT2D eigenvalue weighted by Gasteiger charge is -2.09. The minimum absolute atomic E-state index is 0.200. The van der Waals surface area contributed by atoms with Crippen LogP contribution in [0.1, 0.15) is 21.6 Å². The molecule has 0 unspecified atom stereocenters. The number of aryl methyl sites for hydroxylation is 1. The number of aromatic nitrogens is 1. The molecule has 0 aliphatic carbocycles.